The summed E-state index contributed by atoms with van der Waals surface area (Å²) in [6, 6.07) is 17.6. The lowest BCUT2D eigenvalue weighted by Gasteiger charge is -2.33. The fourth-order valence-corrected chi connectivity index (χ4v) is 4.51. The normalized spacial score (nSPS) is 16.0. The van der Waals surface area contributed by atoms with Crippen LogP contribution in [0.3, 0.4) is 0 Å². The van der Waals surface area contributed by atoms with Gasteiger partial charge >= 0.3 is 5.69 Å². The quantitative estimate of drug-likeness (QED) is 0.451. The Balaban J connectivity index is 1.73. The van der Waals surface area contributed by atoms with Gasteiger partial charge in [0.2, 0.25) is 5.95 Å². The molecule has 0 saturated heterocycles. The third-order valence-electron chi connectivity index (χ3n) is 5.76. The first-order valence-electron chi connectivity index (χ1n) is 10.2. The minimum Gasteiger partial charge on any atom is -0.312 e. The van der Waals surface area contributed by atoms with Gasteiger partial charge in [0.15, 0.2) is 11.2 Å². The van der Waals surface area contributed by atoms with Crippen molar-refractivity contribution in [2.24, 2.45) is 13.0 Å². The number of rotatable bonds is 3. The van der Waals surface area contributed by atoms with E-state index >= 15 is 0 Å². The molecular weight excluding hydrogens is 458 g/mol. The second kappa shape index (κ2) is 7.53. The number of benzene rings is 2. The number of aryl methyl sites for hydroxylation is 1. The van der Waals surface area contributed by atoms with Crippen LogP contribution in [0.25, 0.3) is 11.2 Å². The summed E-state index contributed by atoms with van der Waals surface area (Å²) in [5, 5.41) is 0. The van der Waals surface area contributed by atoms with Crippen LogP contribution >= 0.6 is 15.9 Å². The van der Waals surface area contributed by atoms with Crippen LogP contribution in [0.2, 0.25) is 0 Å². The Kier molecular flexibility index (Phi) is 4.81. The third-order valence-corrected chi connectivity index (χ3v) is 6.29. The highest BCUT2D eigenvalue weighted by Crippen LogP contribution is 2.33. The molecule has 0 N–H and O–H groups in total. The molecule has 0 amide bonds. The zero-order chi connectivity index (χ0) is 21.7. The number of anilines is 2. The summed E-state index contributed by atoms with van der Waals surface area (Å²) >= 11 is 3.48. The third kappa shape index (κ3) is 3.31. The van der Waals surface area contributed by atoms with Crippen molar-refractivity contribution >= 4 is 38.7 Å². The van der Waals surface area contributed by atoms with Crippen molar-refractivity contribution in [2.75, 3.05) is 11.4 Å². The topological polar surface area (TPSA) is 65.1 Å². The molecule has 5 rings (SSSR count). The Hall–Kier alpha value is -3.13. The van der Waals surface area contributed by atoms with Gasteiger partial charge in [-0.3, -0.25) is 13.9 Å². The zero-order valence-corrected chi connectivity index (χ0v) is 18.9. The SMILES string of the molecule is CC1CN(c2ccc(Br)cc2)c2nc3c(c(=O)n(Cc4ccccc4)c(=O)n3C)n2C1. The van der Waals surface area contributed by atoms with E-state index in [1.54, 1.807) is 7.05 Å². The molecule has 0 radical (unpaired) electrons. The maximum absolute atomic E-state index is 13.5. The van der Waals surface area contributed by atoms with E-state index in [1.165, 1.54) is 9.13 Å². The van der Waals surface area contributed by atoms with E-state index < -0.39 is 0 Å². The number of halogens is 1. The van der Waals surface area contributed by atoms with Crippen molar-refractivity contribution in [3.05, 3.63) is 85.5 Å². The second-order valence-corrected chi connectivity index (χ2v) is 9.02. The standard InChI is InChI=1S/C23H22BrN5O2/c1-15-12-27(18-10-8-17(24)9-11-18)22-25-20-19(28(22)13-15)21(30)29(23(31)26(20)2)14-16-6-4-3-5-7-16/h3-11,15H,12-14H2,1-2H3. The maximum Gasteiger partial charge on any atom is 0.332 e. The van der Waals surface area contributed by atoms with Crippen molar-refractivity contribution in [1.29, 1.82) is 0 Å². The van der Waals surface area contributed by atoms with Crippen molar-refractivity contribution in [3.8, 4) is 0 Å². The summed E-state index contributed by atoms with van der Waals surface area (Å²) in [5.41, 5.74) is 2.14. The molecule has 0 saturated carbocycles. The number of nitrogens with zero attached hydrogens (tertiary/aromatic N) is 5. The maximum atomic E-state index is 13.5. The molecule has 2 aromatic heterocycles. The summed E-state index contributed by atoms with van der Waals surface area (Å²) in [7, 11) is 1.68. The Morgan fingerprint density at radius 2 is 1.74 bits per heavy atom. The van der Waals surface area contributed by atoms with E-state index in [-0.39, 0.29) is 17.8 Å². The van der Waals surface area contributed by atoms with Crippen molar-refractivity contribution < 1.29 is 0 Å². The average Bonchev–Trinajstić information content (AvgIpc) is 3.15. The fourth-order valence-electron chi connectivity index (χ4n) is 4.25. The smallest absolute Gasteiger partial charge is 0.312 e. The Bertz CT molecular complexity index is 1390. The van der Waals surface area contributed by atoms with Gasteiger partial charge in [0, 0.05) is 30.3 Å². The van der Waals surface area contributed by atoms with Crippen LogP contribution in [-0.2, 0) is 20.1 Å². The van der Waals surface area contributed by atoms with Crippen molar-refractivity contribution in [2.45, 2.75) is 20.0 Å². The molecule has 31 heavy (non-hydrogen) atoms. The minimum absolute atomic E-state index is 0.231. The molecule has 3 heterocycles. The molecule has 0 bridgehead atoms. The van der Waals surface area contributed by atoms with Gasteiger partial charge in [0.25, 0.3) is 5.56 Å². The number of fused-ring (bicyclic) bond motifs is 3. The molecule has 1 aliphatic rings. The van der Waals surface area contributed by atoms with Gasteiger partial charge in [-0.1, -0.05) is 53.2 Å². The first kappa shape index (κ1) is 19.8. The van der Waals surface area contributed by atoms with Gasteiger partial charge in [0.1, 0.15) is 0 Å². The summed E-state index contributed by atoms with van der Waals surface area (Å²) in [4.78, 5) is 33.4. The lowest BCUT2D eigenvalue weighted by molar-refractivity contribution is 0.458. The molecule has 158 valence electrons. The molecule has 2 aromatic carbocycles. The highest BCUT2D eigenvalue weighted by Gasteiger charge is 2.29. The fraction of sp³-hybridized carbons (Fsp3) is 0.261. The van der Waals surface area contributed by atoms with Gasteiger partial charge in [-0.15, -0.1) is 0 Å². The van der Waals surface area contributed by atoms with Gasteiger partial charge in [-0.05, 0) is 35.7 Å². The molecular formula is C23H22BrN5O2. The summed E-state index contributed by atoms with van der Waals surface area (Å²) < 4.78 is 5.75. The Morgan fingerprint density at radius 1 is 1.03 bits per heavy atom. The highest BCUT2D eigenvalue weighted by molar-refractivity contribution is 9.10. The van der Waals surface area contributed by atoms with E-state index in [4.69, 9.17) is 4.98 Å². The Labute approximate surface area is 187 Å². The number of aromatic nitrogens is 4. The van der Waals surface area contributed by atoms with E-state index in [9.17, 15) is 9.59 Å². The highest BCUT2D eigenvalue weighted by atomic mass is 79.9. The zero-order valence-electron chi connectivity index (χ0n) is 17.3. The summed E-state index contributed by atoms with van der Waals surface area (Å²) in [6.45, 7) is 3.86. The molecule has 0 spiro atoms. The first-order valence-corrected chi connectivity index (χ1v) is 11.0. The lowest BCUT2D eigenvalue weighted by Crippen LogP contribution is -2.40. The molecule has 1 unspecified atom stereocenters. The predicted molar refractivity (Wildman–Crippen MR) is 125 cm³/mol. The van der Waals surface area contributed by atoms with Crippen LogP contribution in [0.15, 0.2) is 68.7 Å². The van der Waals surface area contributed by atoms with E-state index in [0.717, 1.165) is 22.3 Å². The van der Waals surface area contributed by atoms with Crippen molar-refractivity contribution in [3.63, 3.8) is 0 Å². The summed E-state index contributed by atoms with van der Waals surface area (Å²) in [5.74, 6) is 1.01. The van der Waals surface area contributed by atoms with Crippen molar-refractivity contribution in [1.82, 2.24) is 18.7 Å². The van der Waals surface area contributed by atoms with Gasteiger partial charge in [-0.2, -0.15) is 4.98 Å². The number of hydrogen-bond donors (Lipinski definition) is 0. The van der Waals surface area contributed by atoms with Gasteiger partial charge in [0.05, 0.1) is 6.54 Å². The van der Waals surface area contributed by atoms with Gasteiger partial charge in [-0.25, -0.2) is 4.79 Å². The molecule has 0 aliphatic carbocycles. The summed E-state index contributed by atoms with van der Waals surface area (Å²) in [6.07, 6.45) is 0. The predicted octanol–water partition coefficient (Wildman–Crippen LogP) is 3.50. The van der Waals surface area contributed by atoms with E-state index in [1.807, 2.05) is 59.2 Å². The average molecular weight is 480 g/mol. The van der Waals surface area contributed by atoms with Crippen LogP contribution in [0.1, 0.15) is 12.5 Å². The largest absolute Gasteiger partial charge is 0.332 e. The monoisotopic (exact) mass is 479 g/mol. The van der Waals surface area contributed by atoms with E-state index in [2.05, 4.69) is 27.8 Å². The van der Waals surface area contributed by atoms with Crippen LogP contribution in [0.4, 0.5) is 11.6 Å². The molecule has 1 aliphatic heterocycles. The molecule has 0 fully saturated rings. The second-order valence-electron chi connectivity index (χ2n) is 8.11. The van der Waals surface area contributed by atoms with Crippen LogP contribution < -0.4 is 16.1 Å². The Morgan fingerprint density at radius 3 is 2.45 bits per heavy atom. The molecule has 7 nitrogen and oxygen atoms in total. The number of imidazole rings is 1. The number of hydrogen-bond acceptors (Lipinski definition) is 4. The lowest BCUT2D eigenvalue weighted by atomic mass is 10.1. The molecule has 4 aromatic rings. The van der Waals surface area contributed by atoms with Crippen LogP contribution in [0, 0.1) is 5.92 Å². The van der Waals surface area contributed by atoms with Crippen LogP contribution in [-0.4, -0.2) is 25.2 Å². The van der Waals surface area contributed by atoms with Gasteiger partial charge < -0.3 is 9.47 Å². The molecule has 8 heteroatoms. The molecule has 1 atom stereocenters. The first-order chi connectivity index (χ1) is 14.9. The van der Waals surface area contributed by atoms with Crippen LogP contribution in [0.5, 0.6) is 0 Å². The van der Waals surface area contributed by atoms with E-state index in [0.29, 0.717) is 29.6 Å². The minimum atomic E-state index is -0.361.